The van der Waals surface area contributed by atoms with E-state index in [9.17, 15) is 0 Å². The lowest BCUT2D eigenvalue weighted by Crippen LogP contribution is -1.91. The average molecular weight is 570 g/mol. The van der Waals surface area contributed by atoms with E-state index < -0.39 is 0 Å². The molecule has 2 N–H and O–H groups in total. The molecule has 23 heavy (non-hydrogen) atoms. The van der Waals surface area contributed by atoms with Crippen LogP contribution in [0.1, 0.15) is 11.1 Å². The van der Waals surface area contributed by atoms with Crippen molar-refractivity contribution in [3.8, 4) is 0 Å². The Kier molecular flexibility index (Phi) is 12.1. The maximum atomic E-state index is 8.35. The van der Waals surface area contributed by atoms with Crippen molar-refractivity contribution in [2.24, 2.45) is 0 Å². The van der Waals surface area contributed by atoms with Gasteiger partial charge in [-0.15, -0.1) is 0 Å². The molecule has 0 fully saturated rings. The van der Waals surface area contributed by atoms with Crippen LogP contribution in [0.3, 0.4) is 0 Å². The monoisotopic (exact) mass is 566 g/mol. The quantitative estimate of drug-likeness (QED) is 0.197. The fourth-order valence-electron chi connectivity index (χ4n) is 1.57. The first kappa shape index (κ1) is 22.1. The molecule has 8 heteroatoms. The Labute approximate surface area is 167 Å². The van der Waals surface area contributed by atoms with Gasteiger partial charge in [0.15, 0.2) is 0 Å². The second-order valence-electron chi connectivity index (χ2n) is 3.83. The number of halogens is 4. The summed E-state index contributed by atoms with van der Waals surface area (Å²) in [6.07, 6.45) is 2.41. The molecule has 0 heterocycles. The van der Waals surface area contributed by atoms with Gasteiger partial charge in [-0.25, -0.2) is 20.4 Å². The number of rotatable bonds is 2. The first-order valence-electron chi connectivity index (χ1n) is 5.86. The van der Waals surface area contributed by atoms with Gasteiger partial charge in [0.1, 0.15) is 0 Å². The summed E-state index contributed by atoms with van der Waals surface area (Å²) in [6.45, 7) is 0. The van der Waals surface area contributed by atoms with E-state index in [-0.39, 0.29) is 0 Å². The third-order valence-corrected chi connectivity index (χ3v) is 7.16. The number of carbonyl (C=O) groups excluding carboxylic acids is 2. The SMILES string of the molecule is Brc1cc(Cc2ccccc2)c(Br)c(Br)c1Br.N=C=O.N=C=O. The Morgan fingerprint density at radius 3 is 1.78 bits per heavy atom. The van der Waals surface area contributed by atoms with E-state index in [4.69, 9.17) is 20.4 Å². The second-order valence-corrected chi connectivity index (χ2v) is 7.06. The van der Waals surface area contributed by atoms with Gasteiger partial charge in [-0.1, -0.05) is 30.3 Å². The summed E-state index contributed by atoms with van der Waals surface area (Å²) in [5, 5.41) is 10.8. The largest absolute Gasteiger partial charge is 0.231 e. The molecule has 0 atom stereocenters. The summed E-state index contributed by atoms with van der Waals surface area (Å²) in [7, 11) is 0. The molecule has 0 amide bonds. The molecule has 0 radical (unpaired) electrons. The van der Waals surface area contributed by atoms with Crippen molar-refractivity contribution in [2.75, 3.05) is 0 Å². The van der Waals surface area contributed by atoms with E-state index in [1.54, 1.807) is 0 Å². The van der Waals surface area contributed by atoms with E-state index in [0.717, 1.165) is 36.5 Å². The van der Waals surface area contributed by atoms with Gasteiger partial charge in [0.05, 0.1) is 0 Å². The highest BCUT2D eigenvalue weighted by molar-refractivity contribution is 9.15. The highest BCUT2D eigenvalue weighted by atomic mass is 79.9. The summed E-state index contributed by atoms with van der Waals surface area (Å²) < 4.78 is 4.22. The number of nitrogens with one attached hydrogen (secondary N) is 2. The molecule has 2 rings (SSSR count). The van der Waals surface area contributed by atoms with E-state index in [2.05, 4.69) is 94.1 Å². The zero-order valence-corrected chi connectivity index (χ0v) is 17.8. The summed E-state index contributed by atoms with van der Waals surface area (Å²) in [4.78, 5) is 16.7. The third-order valence-electron chi connectivity index (χ3n) is 2.42. The number of benzene rings is 2. The molecule has 0 aliphatic rings. The predicted octanol–water partition coefficient (Wildman–Crippen LogP) is 6.13. The zero-order valence-electron chi connectivity index (χ0n) is 11.5. The Morgan fingerprint density at radius 2 is 1.30 bits per heavy atom. The Morgan fingerprint density at radius 1 is 0.826 bits per heavy atom. The minimum absolute atomic E-state index is 0.750. The smallest absolute Gasteiger partial charge is 0.222 e. The first-order chi connectivity index (χ1) is 10.9. The van der Waals surface area contributed by atoms with Crippen LogP contribution in [0.5, 0.6) is 0 Å². The van der Waals surface area contributed by atoms with Gasteiger partial charge in [0, 0.05) is 17.9 Å². The van der Waals surface area contributed by atoms with E-state index in [1.165, 1.54) is 11.1 Å². The molecule has 0 saturated heterocycles. The summed E-state index contributed by atoms with van der Waals surface area (Å²) >= 11 is 14.3. The van der Waals surface area contributed by atoms with Crippen molar-refractivity contribution >= 4 is 75.9 Å². The van der Waals surface area contributed by atoms with Crippen LogP contribution in [0, 0.1) is 10.8 Å². The van der Waals surface area contributed by atoms with Crippen LogP contribution in [-0.2, 0) is 16.0 Å². The average Bonchev–Trinajstić information content (AvgIpc) is 2.53. The summed E-state index contributed by atoms with van der Waals surface area (Å²) in [6, 6.07) is 12.6. The van der Waals surface area contributed by atoms with Crippen LogP contribution in [0.4, 0.5) is 0 Å². The van der Waals surface area contributed by atoms with Crippen molar-refractivity contribution in [2.45, 2.75) is 6.42 Å². The van der Waals surface area contributed by atoms with Crippen molar-refractivity contribution in [3.05, 3.63) is 65.4 Å². The van der Waals surface area contributed by atoms with Crippen LogP contribution < -0.4 is 0 Å². The zero-order chi connectivity index (χ0) is 17.8. The van der Waals surface area contributed by atoms with E-state index in [0.29, 0.717) is 0 Å². The topological polar surface area (TPSA) is 81.8 Å². The molecule has 0 saturated carbocycles. The minimum Gasteiger partial charge on any atom is -0.222 e. The standard InChI is InChI=1S/C13H8Br4.2CHNO/c14-10-7-9(11(15)13(17)12(10)16)6-8-4-2-1-3-5-8;2*2-1-3/h1-5,7H,6H2;2*2H. The van der Waals surface area contributed by atoms with Crippen molar-refractivity contribution < 1.29 is 9.59 Å². The molecule has 4 nitrogen and oxygen atoms in total. The predicted molar refractivity (Wildman–Crippen MR) is 103 cm³/mol. The molecule has 0 aromatic heterocycles. The molecule has 0 bridgehead atoms. The lowest BCUT2D eigenvalue weighted by atomic mass is 10.1. The van der Waals surface area contributed by atoms with Gasteiger partial charge in [-0.2, -0.15) is 0 Å². The van der Waals surface area contributed by atoms with Crippen molar-refractivity contribution in [3.63, 3.8) is 0 Å². The highest BCUT2D eigenvalue weighted by Crippen LogP contribution is 2.39. The van der Waals surface area contributed by atoms with Gasteiger partial charge in [0.25, 0.3) is 0 Å². The number of hydrogen-bond acceptors (Lipinski definition) is 4. The number of hydrogen-bond donors (Lipinski definition) is 2. The lowest BCUT2D eigenvalue weighted by Gasteiger charge is -2.10. The molecular formula is C15H10Br4N2O2. The second kappa shape index (κ2) is 12.5. The molecule has 0 aliphatic carbocycles. The molecule has 0 unspecified atom stereocenters. The van der Waals surface area contributed by atoms with Gasteiger partial charge in [0.2, 0.25) is 12.2 Å². The normalized spacial score (nSPS) is 8.52. The van der Waals surface area contributed by atoms with Crippen molar-refractivity contribution in [1.29, 1.82) is 10.8 Å². The molecule has 2 aromatic carbocycles. The first-order valence-corrected chi connectivity index (χ1v) is 9.03. The number of isocyanates is 2. The Hall–Kier alpha value is -0.880. The maximum Gasteiger partial charge on any atom is 0.231 e. The van der Waals surface area contributed by atoms with Crippen LogP contribution >= 0.6 is 63.7 Å². The van der Waals surface area contributed by atoms with Crippen molar-refractivity contribution in [1.82, 2.24) is 0 Å². The third kappa shape index (κ3) is 7.97. The van der Waals surface area contributed by atoms with Crippen LogP contribution in [-0.4, -0.2) is 12.2 Å². The van der Waals surface area contributed by atoms with Crippen LogP contribution in [0.25, 0.3) is 0 Å². The molecule has 2 aromatic rings. The lowest BCUT2D eigenvalue weighted by molar-refractivity contribution is 0.562. The molecular weight excluding hydrogens is 560 g/mol. The van der Waals surface area contributed by atoms with Gasteiger partial charge < -0.3 is 0 Å². The van der Waals surface area contributed by atoms with E-state index >= 15 is 0 Å². The van der Waals surface area contributed by atoms with E-state index in [1.807, 2.05) is 6.07 Å². The van der Waals surface area contributed by atoms with Gasteiger partial charge in [-0.05, 0) is 87.3 Å². The minimum atomic E-state index is 0.750. The van der Waals surface area contributed by atoms with Crippen LogP contribution in [0.2, 0.25) is 0 Å². The van der Waals surface area contributed by atoms with Gasteiger partial charge in [-0.3, -0.25) is 0 Å². The fraction of sp³-hybridized carbons (Fsp3) is 0.0667. The Balaban J connectivity index is 0.000000704. The summed E-state index contributed by atoms with van der Waals surface area (Å²) in [5.74, 6) is 0. The highest BCUT2D eigenvalue weighted by Gasteiger charge is 2.11. The molecule has 0 aliphatic heterocycles. The fourth-order valence-corrected chi connectivity index (χ4v) is 3.81. The van der Waals surface area contributed by atoms with Crippen LogP contribution in [0.15, 0.2) is 54.3 Å². The molecule has 120 valence electrons. The Bertz CT molecular complexity index is 697. The maximum absolute atomic E-state index is 8.35. The molecule has 0 spiro atoms. The summed E-state index contributed by atoms with van der Waals surface area (Å²) in [5.41, 5.74) is 2.55. The van der Waals surface area contributed by atoms with Gasteiger partial charge >= 0.3 is 0 Å².